The number of carbonyl (C=O) groups excluding carboxylic acids is 1. The highest BCUT2D eigenvalue weighted by molar-refractivity contribution is 5.86. The summed E-state index contributed by atoms with van der Waals surface area (Å²) in [6.45, 7) is 5.42. The molecule has 0 radical (unpaired) electrons. The summed E-state index contributed by atoms with van der Waals surface area (Å²) in [7, 11) is 0. The molecule has 1 amide bonds. The zero-order valence-corrected chi connectivity index (χ0v) is 10.5. The van der Waals surface area contributed by atoms with Gasteiger partial charge in [0, 0.05) is 19.8 Å². The van der Waals surface area contributed by atoms with Crippen LogP contribution in [-0.4, -0.2) is 36.7 Å². The van der Waals surface area contributed by atoms with Gasteiger partial charge in [-0.25, -0.2) is 0 Å². The lowest BCUT2D eigenvalue weighted by atomic mass is 9.88. The molecule has 2 N–H and O–H groups in total. The predicted molar refractivity (Wildman–Crippen MR) is 62.6 cm³/mol. The van der Waals surface area contributed by atoms with Gasteiger partial charge in [0.15, 0.2) is 0 Å². The SMILES string of the molecule is CC(C)(CC(=O)O)C(=O)NCC1CCOCC1. The first-order chi connectivity index (χ1) is 7.92. The van der Waals surface area contributed by atoms with Gasteiger partial charge in [-0.3, -0.25) is 9.59 Å². The predicted octanol–water partition coefficient (Wildman–Crippen LogP) is 1.03. The molecule has 0 aliphatic carbocycles. The molecule has 0 aromatic heterocycles. The normalized spacial score (nSPS) is 17.8. The van der Waals surface area contributed by atoms with Crippen molar-refractivity contribution < 1.29 is 19.4 Å². The second kappa shape index (κ2) is 6.00. The Bertz CT molecular complexity index is 282. The number of amides is 1. The second-order valence-electron chi connectivity index (χ2n) is 5.22. The molecule has 1 saturated heterocycles. The minimum absolute atomic E-state index is 0.146. The van der Waals surface area contributed by atoms with Crippen LogP contribution in [0.25, 0.3) is 0 Å². The lowest BCUT2D eigenvalue weighted by Gasteiger charge is -2.26. The molecular weight excluding hydrogens is 222 g/mol. The molecule has 0 atom stereocenters. The van der Waals surface area contributed by atoms with Crippen molar-refractivity contribution in [2.75, 3.05) is 19.8 Å². The van der Waals surface area contributed by atoms with Crippen LogP contribution in [0.1, 0.15) is 33.1 Å². The van der Waals surface area contributed by atoms with E-state index in [1.165, 1.54) is 0 Å². The van der Waals surface area contributed by atoms with Crippen molar-refractivity contribution in [1.82, 2.24) is 5.32 Å². The molecule has 0 aromatic rings. The molecule has 0 unspecified atom stereocenters. The second-order valence-corrected chi connectivity index (χ2v) is 5.22. The minimum Gasteiger partial charge on any atom is -0.481 e. The highest BCUT2D eigenvalue weighted by Crippen LogP contribution is 2.21. The van der Waals surface area contributed by atoms with E-state index in [1.54, 1.807) is 13.8 Å². The molecule has 1 fully saturated rings. The van der Waals surface area contributed by atoms with Crippen molar-refractivity contribution in [3.05, 3.63) is 0 Å². The third-order valence-corrected chi connectivity index (χ3v) is 3.10. The van der Waals surface area contributed by atoms with Gasteiger partial charge in [0.1, 0.15) is 0 Å². The summed E-state index contributed by atoms with van der Waals surface area (Å²) in [6, 6.07) is 0. The van der Waals surface area contributed by atoms with Crippen LogP contribution in [-0.2, 0) is 14.3 Å². The van der Waals surface area contributed by atoms with E-state index in [2.05, 4.69) is 5.32 Å². The van der Waals surface area contributed by atoms with Gasteiger partial charge < -0.3 is 15.2 Å². The summed E-state index contributed by atoms with van der Waals surface area (Å²) < 4.78 is 5.24. The Kier molecular flexibility index (Phi) is 4.93. The first-order valence-electron chi connectivity index (χ1n) is 5.99. The molecule has 0 aromatic carbocycles. The summed E-state index contributed by atoms with van der Waals surface area (Å²) in [6.07, 6.45) is 1.77. The van der Waals surface area contributed by atoms with Crippen molar-refractivity contribution in [3.63, 3.8) is 0 Å². The number of rotatable bonds is 5. The largest absolute Gasteiger partial charge is 0.481 e. The van der Waals surface area contributed by atoms with Crippen molar-refractivity contribution in [3.8, 4) is 0 Å². The van der Waals surface area contributed by atoms with Crippen LogP contribution in [0.4, 0.5) is 0 Å². The van der Waals surface area contributed by atoms with Crippen molar-refractivity contribution in [2.45, 2.75) is 33.1 Å². The summed E-state index contributed by atoms with van der Waals surface area (Å²) >= 11 is 0. The highest BCUT2D eigenvalue weighted by Gasteiger charge is 2.30. The Morgan fingerprint density at radius 2 is 1.94 bits per heavy atom. The van der Waals surface area contributed by atoms with Crippen LogP contribution in [0, 0.1) is 11.3 Å². The fraction of sp³-hybridized carbons (Fsp3) is 0.833. The summed E-state index contributed by atoms with van der Waals surface area (Å²) in [5.41, 5.74) is -0.850. The van der Waals surface area contributed by atoms with E-state index in [1.807, 2.05) is 0 Å². The van der Waals surface area contributed by atoms with Gasteiger partial charge in [0.2, 0.25) is 5.91 Å². The monoisotopic (exact) mass is 243 g/mol. The van der Waals surface area contributed by atoms with Gasteiger partial charge >= 0.3 is 5.97 Å². The van der Waals surface area contributed by atoms with Crippen molar-refractivity contribution in [2.24, 2.45) is 11.3 Å². The number of carbonyl (C=O) groups is 2. The smallest absolute Gasteiger partial charge is 0.304 e. The zero-order chi connectivity index (χ0) is 12.9. The quantitative estimate of drug-likeness (QED) is 0.756. The third kappa shape index (κ3) is 4.73. The van der Waals surface area contributed by atoms with Gasteiger partial charge in [0.25, 0.3) is 0 Å². The average molecular weight is 243 g/mol. The van der Waals surface area contributed by atoms with Crippen LogP contribution in [0.5, 0.6) is 0 Å². The molecule has 5 heteroatoms. The lowest BCUT2D eigenvalue weighted by molar-refractivity contribution is -0.144. The zero-order valence-electron chi connectivity index (χ0n) is 10.5. The van der Waals surface area contributed by atoms with Crippen molar-refractivity contribution >= 4 is 11.9 Å². The number of nitrogens with one attached hydrogen (secondary N) is 1. The topological polar surface area (TPSA) is 75.6 Å². The van der Waals surface area contributed by atoms with E-state index in [-0.39, 0.29) is 12.3 Å². The molecule has 0 bridgehead atoms. The van der Waals surface area contributed by atoms with Gasteiger partial charge in [-0.15, -0.1) is 0 Å². The first kappa shape index (κ1) is 14.0. The number of ether oxygens (including phenoxy) is 1. The maximum atomic E-state index is 11.8. The fourth-order valence-corrected chi connectivity index (χ4v) is 1.89. The minimum atomic E-state index is -0.948. The lowest BCUT2D eigenvalue weighted by Crippen LogP contribution is -2.41. The van der Waals surface area contributed by atoms with Crippen molar-refractivity contribution in [1.29, 1.82) is 0 Å². The van der Waals surface area contributed by atoms with E-state index < -0.39 is 11.4 Å². The Morgan fingerprint density at radius 3 is 2.47 bits per heavy atom. The fourth-order valence-electron chi connectivity index (χ4n) is 1.89. The molecule has 17 heavy (non-hydrogen) atoms. The summed E-state index contributed by atoms with van der Waals surface area (Å²) in [5.74, 6) is -0.684. The maximum absolute atomic E-state index is 11.8. The average Bonchev–Trinajstić information content (AvgIpc) is 2.25. The standard InChI is InChI=1S/C12H21NO4/c1-12(2,7-10(14)15)11(16)13-8-9-3-5-17-6-4-9/h9H,3-8H2,1-2H3,(H,13,16)(H,14,15). The molecule has 0 saturated carbocycles. The van der Waals surface area contributed by atoms with Crippen LogP contribution in [0.15, 0.2) is 0 Å². The Labute approximate surface area is 102 Å². The van der Waals surface area contributed by atoms with Crippen LogP contribution < -0.4 is 5.32 Å². The third-order valence-electron chi connectivity index (χ3n) is 3.10. The van der Waals surface area contributed by atoms with E-state index in [0.717, 1.165) is 26.1 Å². The molecule has 98 valence electrons. The number of hydrogen-bond acceptors (Lipinski definition) is 3. The maximum Gasteiger partial charge on any atom is 0.304 e. The van der Waals surface area contributed by atoms with Gasteiger partial charge in [-0.2, -0.15) is 0 Å². The van der Waals surface area contributed by atoms with Crippen LogP contribution >= 0.6 is 0 Å². The van der Waals surface area contributed by atoms with E-state index in [0.29, 0.717) is 12.5 Å². The number of aliphatic carboxylic acids is 1. The van der Waals surface area contributed by atoms with Gasteiger partial charge in [0.05, 0.1) is 11.8 Å². The Morgan fingerprint density at radius 1 is 1.35 bits per heavy atom. The molecule has 0 spiro atoms. The Hall–Kier alpha value is -1.10. The van der Waals surface area contributed by atoms with E-state index in [4.69, 9.17) is 9.84 Å². The molecular formula is C12H21NO4. The highest BCUT2D eigenvalue weighted by atomic mass is 16.5. The van der Waals surface area contributed by atoms with E-state index >= 15 is 0 Å². The molecule has 1 rings (SSSR count). The van der Waals surface area contributed by atoms with E-state index in [9.17, 15) is 9.59 Å². The van der Waals surface area contributed by atoms with Crippen LogP contribution in [0.2, 0.25) is 0 Å². The summed E-state index contributed by atoms with van der Waals surface area (Å²) in [4.78, 5) is 22.5. The first-order valence-corrected chi connectivity index (χ1v) is 5.99. The number of carboxylic acids is 1. The van der Waals surface area contributed by atoms with Gasteiger partial charge in [-0.1, -0.05) is 13.8 Å². The van der Waals surface area contributed by atoms with Crippen LogP contribution in [0.3, 0.4) is 0 Å². The molecule has 1 aliphatic rings. The van der Waals surface area contributed by atoms with Gasteiger partial charge in [-0.05, 0) is 18.8 Å². The number of hydrogen-bond donors (Lipinski definition) is 2. The molecule has 1 aliphatic heterocycles. The molecule has 5 nitrogen and oxygen atoms in total. The summed E-state index contributed by atoms with van der Waals surface area (Å²) in [5, 5.41) is 11.6. The molecule has 1 heterocycles. The number of carboxylic acid groups (broad SMARTS) is 1. The Balaban J connectivity index is 2.34.